The number of aliphatic hydroxyl groups excluding tert-OH is 1. The second-order valence-electron chi connectivity index (χ2n) is 9.20. The molecule has 2 N–H and O–H groups in total. The summed E-state index contributed by atoms with van der Waals surface area (Å²) in [5.74, 6) is 0.239. The summed E-state index contributed by atoms with van der Waals surface area (Å²) in [4.78, 5) is 18.9. The fourth-order valence-electron chi connectivity index (χ4n) is 5.59. The Labute approximate surface area is 178 Å². The number of hydrogen-bond donors (Lipinski definition) is 2. The predicted molar refractivity (Wildman–Crippen MR) is 116 cm³/mol. The topological polar surface area (TPSA) is 70.4 Å². The molecule has 1 saturated heterocycles. The summed E-state index contributed by atoms with van der Waals surface area (Å²) in [6, 6.07) is 9.01. The molecule has 6 nitrogen and oxygen atoms in total. The van der Waals surface area contributed by atoms with Crippen LogP contribution in [0.2, 0.25) is 0 Å². The zero-order chi connectivity index (χ0) is 20.5. The van der Waals surface area contributed by atoms with Gasteiger partial charge in [0.25, 0.3) is 0 Å². The molecular weight excluding hydrogens is 376 g/mol. The van der Waals surface area contributed by atoms with Crippen LogP contribution in [0.5, 0.6) is 0 Å². The van der Waals surface area contributed by atoms with Crippen LogP contribution >= 0.6 is 0 Å². The Morgan fingerprint density at radius 2 is 1.90 bits per heavy atom. The fraction of sp³-hybridized carbons (Fsp3) is 0.583. The van der Waals surface area contributed by atoms with Crippen molar-refractivity contribution in [3.8, 4) is 11.3 Å². The molecule has 1 aliphatic carbocycles. The third-order valence-electron chi connectivity index (χ3n) is 7.37. The molecule has 5 rings (SSSR count). The van der Waals surface area contributed by atoms with Crippen molar-refractivity contribution >= 4 is 6.03 Å². The van der Waals surface area contributed by atoms with Crippen molar-refractivity contribution in [3.63, 3.8) is 0 Å². The van der Waals surface area contributed by atoms with E-state index in [0.717, 1.165) is 44.5 Å². The van der Waals surface area contributed by atoms with Crippen LogP contribution < -0.4 is 5.32 Å². The van der Waals surface area contributed by atoms with E-state index in [1.54, 1.807) is 0 Å². The van der Waals surface area contributed by atoms with E-state index in [1.165, 1.54) is 30.4 Å². The molecule has 1 aromatic carbocycles. The summed E-state index contributed by atoms with van der Waals surface area (Å²) in [5, 5.41) is 14.3. The smallest absolute Gasteiger partial charge is 0.317 e. The standard InChI is InChI=1S/C24H32N4O2/c29-23(14-21-19-8-4-5-9-20(19)22-15-25-16-28(21)22)17-10-12-27(13-11-17)24(30)26-18-6-2-1-3-7-18/h4-5,8-9,15-18,21,23,29H,1-3,6-7,10-14H2,(H,26,30)/t21?,23-/m1/s1. The van der Waals surface area contributed by atoms with Crippen LogP contribution in [0.4, 0.5) is 4.79 Å². The number of carbonyl (C=O) groups is 1. The van der Waals surface area contributed by atoms with Crippen LogP contribution in [0, 0.1) is 5.92 Å². The molecule has 0 spiro atoms. The van der Waals surface area contributed by atoms with Crippen LogP contribution in [-0.2, 0) is 0 Å². The van der Waals surface area contributed by atoms with E-state index in [9.17, 15) is 9.90 Å². The van der Waals surface area contributed by atoms with Gasteiger partial charge in [-0.1, -0.05) is 43.5 Å². The number of urea groups is 1. The molecule has 1 unspecified atom stereocenters. The third-order valence-corrected chi connectivity index (χ3v) is 7.37. The first-order valence-corrected chi connectivity index (χ1v) is 11.6. The molecule has 0 bridgehead atoms. The SMILES string of the molecule is O=C(NC1CCCCC1)N1CCC([C@H](O)CC2c3ccccc3-c3cncn32)CC1. The lowest BCUT2D eigenvalue weighted by Gasteiger charge is -2.36. The van der Waals surface area contributed by atoms with E-state index < -0.39 is 0 Å². The quantitative estimate of drug-likeness (QED) is 0.805. The number of hydrogen-bond acceptors (Lipinski definition) is 3. The highest BCUT2D eigenvalue weighted by molar-refractivity contribution is 5.74. The third kappa shape index (κ3) is 3.73. The molecule has 2 aliphatic heterocycles. The van der Waals surface area contributed by atoms with E-state index in [1.807, 2.05) is 17.4 Å². The zero-order valence-corrected chi connectivity index (χ0v) is 17.5. The highest BCUT2D eigenvalue weighted by Crippen LogP contribution is 2.42. The molecule has 3 heterocycles. The minimum absolute atomic E-state index is 0.0858. The Kier molecular flexibility index (Phi) is 5.50. The van der Waals surface area contributed by atoms with Gasteiger partial charge in [-0.3, -0.25) is 0 Å². The van der Waals surface area contributed by atoms with Gasteiger partial charge in [0.05, 0.1) is 30.4 Å². The van der Waals surface area contributed by atoms with Gasteiger partial charge < -0.3 is 19.9 Å². The van der Waals surface area contributed by atoms with Gasteiger partial charge in [0, 0.05) is 24.7 Å². The maximum absolute atomic E-state index is 12.6. The lowest BCUT2D eigenvalue weighted by atomic mass is 9.86. The summed E-state index contributed by atoms with van der Waals surface area (Å²) >= 11 is 0. The summed E-state index contributed by atoms with van der Waals surface area (Å²) in [5.41, 5.74) is 3.64. The molecule has 2 fully saturated rings. The van der Waals surface area contributed by atoms with Crippen LogP contribution in [0.25, 0.3) is 11.3 Å². The highest BCUT2D eigenvalue weighted by Gasteiger charge is 2.34. The van der Waals surface area contributed by atoms with Crippen LogP contribution in [0.15, 0.2) is 36.8 Å². The van der Waals surface area contributed by atoms with Crippen molar-refractivity contribution in [1.29, 1.82) is 0 Å². The Balaban J connectivity index is 1.17. The van der Waals surface area contributed by atoms with Crippen molar-refractivity contribution < 1.29 is 9.90 Å². The monoisotopic (exact) mass is 408 g/mol. The largest absolute Gasteiger partial charge is 0.393 e. The molecule has 0 radical (unpaired) electrons. The molecule has 2 atom stereocenters. The minimum Gasteiger partial charge on any atom is -0.393 e. The molecule has 2 aromatic rings. The van der Waals surface area contributed by atoms with E-state index in [0.29, 0.717) is 12.5 Å². The number of rotatable bonds is 4. The Morgan fingerprint density at radius 3 is 2.70 bits per heavy atom. The van der Waals surface area contributed by atoms with Crippen molar-refractivity contribution in [1.82, 2.24) is 19.8 Å². The number of aromatic nitrogens is 2. The minimum atomic E-state index is -0.375. The summed E-state index contributed by atoms with van der Waals surface area (Å²) in [6.07, 6.45) is 11.8. The number of nitrogens with zero attached hydrogens (tertiary/aromatic N) is 3. The fourth-order valence-corrected chi connectivity index (χ4v) is 5.59. The average molecular weight is 409 g/mol. The Hall–Kier alpha value is -2.34. The van der Waals surface area contributed by atoms with Crippen LogP contribution in [0.3, 0.4) is 0 Å². The normalized spacial score (nSPS) is 23.1. The van der Waals surface area contributed by atoms with Crippen LogP contribution in [-0.4, -0.2) is 50.8 Å². The number of aliphatic hydroxyl groups is 1. The second kappa shape index (κ2) is 8.42. The number of amides is 2. The number of nitrogens with one attached hydrogen (secondary N) is 1. The molecule has 2 amide bonds. The maximum atomic E-state index is 12.6. The Bertz CT molecular complexity index is 881. The second-order valence-corrected chi connectivity index (χ2v) is 9.20. The summed E-state index contributed by atoms with van der Waals surface area (Å²) < 4.78 is 2.20. The lowest BCUT2D eigenvalue weighted by Crippen LogP contribution is -2.49. The summed E-state index contributed by atoms with van der Waals surface area (Å²) in [6.45, 7) is 1.47. The van der Waals surface area contributed by atoms with E-state index in [4.69, 9.17) is 0 Å². The van der Waals surface area contributed by atoms with Crippen LogP contribution in [0.1, 0.15) is 63.0 Å². The van der Waals surface area contributed by atoms with Crippen molar-refractivity contribution in [2.75, 3.05) is 13.1 Å². The first-order chi connectivity index (χ1) is 14.7. The predicted octanol–water partition coefficient (Wildman–Crippen LogP) is 3.96. The lowest BCUT2D eigenvalue weighted by molar-refractivity contribution is 0.0534. The highest BCUT2D eigenvalue weighted by atomic mass is 16.3. The van der Waals surface area contributed by atoms with E-state index in [-0.39, 0.29) is 24.1 Å². The number of benzene rings is 1. The molecular formula is C24H32N4O2. The van der Waals surface area contributed by atoms with Crippen molar-refractivity contribution in [2.24, 2.45) is 5.92 Å². The Morgan fingerprint density at radius 1 is 1.13 bits per heavy atom. The molecule has 30 heavy (non-hydrogen) atoms. The average Bonchev–Trinajstić information content (AvgIpc) is 3.37. The summed E-state index contributed by atoms with van der Waals surface area (Å²) in [7, 11) is 0. The molecule has 6 heteroatoms. The number of imidazole rings is 1. The van der Waals surface area contributed by atoms with Gasteiger partial charge in [0.1, 0.15) is 0 Å². The molecule has 160 valence electrons. The van der Waals surface area contributed by atoms with Gasteiger partial charge in [0.15, 0.2) is 0 Å². The van der Waals surface area contributed by atoms with E-state index in [2.05, 4.69) is 39.1 Å². The van der Waals surface area contributed by atoms with E-state index >= 15 is 0 Å². The number of piperidine rings is 1. The number of likely N-dealkylation sites (tertiary alicyclic amines) is 1. The van der Waals surface area contributed by atoms with Gasteiger partial charge in [-0.25, -0.2) is 9.78 Å². The van der Waals surface area contributed by atoms with Gasteiger partial charge in [-0.15, -0.1) is 0 Å². The molecule has 1 saturated carbocycles. The van der Waals surface area contributed by atoms with Crippen molar-refractivity contribution in [2.45, 2.75) is 69.6 Å². The first-order valence-electron chi connectivity index (χ1n) is 11.6. The molecule has 1 aromatic heterocycles. The molecule has 3 aliphatic rings. The first kappa shape index (κ1) is 19.6. The van der Waals surface area contributed by atoms with Crippen molar-refractivity contribution in [3.05, 3.63) is 42.4 Å². The van der Waals surface area contributed by atoms with Gasteiger partial charge >= 0.3 is 6.03 Å². The number of fused-ring (bicyclic) bond motifs is 3. The zero-order valence-electron chi connectivity index (χ0n) is 17.5. The van der Waals surface area contributed by atoms with Gasteiger partial charge in [-0.05, 0) is 43.6 Å². The van der Waals surface area contributed by atoms with Gasteiger partial charge in [-0.2, -0.15) is 0 Å². The number of carbonyl (C=O) groups excluding carboxylic acids is 1. The van der Waals surface area contributed by atoms with Gasteiger partial charge in [0.2, 0.25) is 0 Å². The maximum Gasteiger partial charge on any atom is 0.317 e.